The molecule has 1 N–H and O–H groups in total. The van der Waals surface area contributed by atoms with Crippen LogP contribution >= 0.6 is 66.1 Å². The van der Waals surface area contributed by atoms with Gasteiger partial charge in [-0.3, -0.25) is 0 Å². The Morgan fingerprint density at radius 1 is 1.44 bits per heavy atom. The van der Waals surface area contributed by atoms with Crippen molar-refractivity contribution in [2.45, 2.75) is 13.0 Å². The molecule has 2 aromatic heterocycles. The van der Waals surface area contributed by atoms with Gasteiger partial charge in [0.05, 0.1) is 13.7 Å². The van der Waals surface area contributed by atoms with Gasteiger partial charge in [-0.05, 0) is 55.8 Å². The molecule has 0 spiro atoms. The minimum atomic E-state index is -0.640. The van der Waals surface area contributed by atoms with Gasteiger partial charge in [0.2, 0.25) is 0 Å². The fourth-order valence-electron chi connectivity index (χ4n) is 1.26. The van der Waals surface area contributed by atoms with Crippen molar-refractivity contribution >= 4 is 66.1 Å². The molecule has 2 aromatic rings. The lowest BCUT2D eigenvalue weighted by Crippen LogP contribution is -1.94. The molecule has 0 aliphatic rings. The molecule has 2 heterocycles. The van der Waals surface area contributed by atoms with E-state index in [1.165, 1.54) is 22.7 Å². The molecule has 2 rings (SSSR count). The summed E-state index contributed by atoms with van der Waals surface area (Å²) in [5.74, 6) is 0. The van der Waals surface area contributed by atoms with E-state index in [4.69, 9.17) is 11.6 Å². The summed E-state index contributed by atoms with van der Waals surface area (Å²) in [6.45, 7) is 1.94. The quantitative estimate of drug-likeness (QED) is 0.715. The zero-order valence-corrected chi connectivity index (χ0v) is 13.7. The zero-order chi connectivity index (χ0) is 11.9. The van der Waals surface area contributed by atoms with Crippen LogP contribution in [0.1, 0.15) is 21.4 Å². The van der Waals surface area contributed by atoms with Gasteiger partial charge in [-0.2, -0.15) is 0 Å². The highest BCUT2D eigenvalue weighted by Crippen LogP contribution is 2.41. The van der Waals surface area contributed by atoms with Crippen LogP contribution in [0.15, 0.2) is 19.7 Å². The van der Waals surface area contributed by atoms with Crippen LogP contribution in [0.5, 0.6) is 0 Å². The molecule has 0 saturated carbocycles. The molecule has 1 nitrogen and oxygen atoms in total. The Bertz CT molecular complexity index is 501. The molecule has 0 aromatic carbocycles. The maximum Gasteiger partial charge on any atom is 0.124 e. The summed E-state index contributed by atoms with van der Waals surface area (Å²) in [6, 6.07) is 1.91. The van der Waals surface area contributed by atoms with E-state index in [1.807, 2.05) is 18.4 Å². The molecule has 86 valence electrons. The van der Waals surface area contributed by atoms with Crippen molar-refractivity contribution in [2.75, 3.05) is 0 Å². The van der Waals surface area contributed by atoms with Crippen molar-refractivity contribution in [3.8, 4) is 0 Å². The molecule has 0 amide bonds. The molecule has 0 aliphatic carbocycles. The molecule has 16 heavy (non-hydrogen) atoms. The van der Waals surface area contributed by atoms with E-state index in [-0.39, 0.29) is 0 Å². The van der Waals surface area contributed by atoms with Crippen molar-refractivity contribution in [1.29, 1.82) is 0 Å². The lowest BCUT2D eigenvalue weighted by atomic mass is 10.2. The maximum absolute atomic E-state index is 10.2. The van der Waals surface area contributed by atoms with E-state index in [9.17, 15) is 5.11 Å². The van der Waals surface area contributed by atoms with Crippen LogP contribution in [0.3, 0.4) is 0 Å². The first-order valence-electron chi connectivity index (χ1n) is 4.37. The number of halogens is 3. The van der Waals surface area contributed by atoms with E-state index in [2.05, 4.69) is 31.9 Å². The van der Waals surface area contributed by atoms with Gasteiger partial charge in [0.15, 0.2) is 0 Å². The Hall–Kier alpha value is 0.610. The van der Waals surface area contributed by atoms with Gasteiger partial charge in [0.1, 0.15) is 6.10 Å². The molecule has 6 heteroatoms. The van der Waals surface area contributed by atoms with E-state index in [1.54, 1.807) is 0 Å². The molecule has 0 radical (unpaired) electrons. The van der Waals surface area contributed by atoms with Crippen LogP contribution < -0.4 is 0 Å². The topological polar surface area (TPSA) is 20.2 Å². The first kappa shape index (κ1) is 13.1. The van der Waals surface area contributed by atoms with Crippen molar-refractivity contribution < 1.29 is 5.11 Å². The third-order valence-electron chi connectivity index (χ3n) is 2.11. The SMILES string of the molecule is Cc1csc(C(O)c2cc(Br)c(Br)s2)c1Cl. The van der Waals surface area contributed by atoms with E-state index in [0.717, 1.165) is 23.6 Å². The second-order valence-electron chi connectivity index (χ2n) is 3.27. The number of thiophene rings is 2. The van der Waals surface area contributed by atoms with Crippen LogP contribution in [0, 0.1) is 6.92 Å². The average Bonchev–Trinajstić information content (AvgIpc) is 2.73. The molecular weight excluding hydrogens is 396 g/mol. The van der Waals surface area contributed by atoms with Crippen molar-refractivity contribution in [3.05, 3.63) is 40.0 Å². The first-order chi connectivity index (χ1) is 7.50. The second-order valence-corrected chi connectivity index (χ2v) is 7.82. The molecule has 0 aliphatic heterocycles. The summed E-state index contributed by atoms with van der Waals surface area (Å²) in [5.41, 5.74) is 1.01. The van der Waals surface area contributed by atoms with Crippen molar-refractivity contribution in [2.24, 2.45) is 0 Å². The Morgan fingerprint density at radius 3 is 2.56 bits per heavy atom. The van der Waals surface area contributed by atoms with Crippen LogP contribution in [0.4, 0.5) is 0 Å². The highest BCUT2D eigenvalue weighted by atomic mass is 79.9. The van der Waals surface area contributed by atoms with Gasteiger partial charge >= 0.3 is 0 Å². The van der Waals surface area contributed by atoms with Gasteiger partial charge < -0.3 is 5.11 Å². The fraction of sp³-hybridized carbons (Fsp3) is 0.200. The van der Waals surface area contributed by atoms with E-state index in [0.29, 0.717) is 5.02 Å². The highest BCUT2D eigenvalue weighted by molar-refractivity contribution is 9.13. The minimum absolute atomic E-state index is 0.640. The summed E-state index contributed by atoms with van der Waals surface area (Å²) in [4.78, 5) is 1.68. The van der Waals surface area contributed by atoms with Gasteiger partial charge in [-0.25, -0.2) is 0 Å². The number of aliphatic hydroxyl groups excluding tert-OH is 1. The predicted molar refractivity (Wildman–Crippen MR) is 77.8 cm³/mol. The second kappa shape index (κ2) is 5.08. The lowest BCUT2D eigenvalue weighted by molar-refractivity contribution is 0.228. The minimum Gasteiger partial charge on any atom is -0.382 e. The van der Waals surface area contributed by atoms with Gasteiger partial charge in [-0.1, -0.05) is 11.6 Å². The number of hydrogen-bond donors (Lipinski definition) is 1. The third kappa shape index (κ3) is 2.40. The number of rotatable bonds is 2. The van der Waals surface area contributed by atoms with Crippen LogP contribution in [-0.4, -0.2) is 5.11 Å². The first-order valence-corrected chi connectivity index (χ1v) is 8.03. The summed E-state index contributed by atoms with van der Waals surface area (Å²) in [6.07, 6.45) is -0.640. The van der Waals surface area contributed by atoms with Crippen molar-refractivity contribution in [3.63, 3.8) is 0 Å². The standard InChI is InChI=1S/C10H7Br2ClOS2/c1-4-3-15-9(7(4)13)8(14)6-2-5(11)10(12)16-6/h2-3,8,14H,1H3. The Labute approximate surface area is 123 Å². The normalized spacial score (nSPS) is 13.1. The van der Waals surface area contributed by atoms with Crippen molar-refractivity contribution in [1.82, 2.24) is 0 Å². The number of aliphatic hydroxyl groups is 1. The summed E-state index contributed by atoms with van der Waals surface area (Å²) in [7, 11) is 0. The van der Waals surface area contributed by atoms with Crippen LogP contribution in [0.25, 0.3) is 0 Å². The number of hydrogen-bond acceptors (Lipinski definition) is 3. The molecule has 0 fully saturated rings. The summed E-state index contributed by atoms with van der Waals surface area (Å²) >= 11 is 15.9. The average molecular weight is 403 g/mol. The van der Waals surface area contributed by atoms with Gasteiger partial charge in [0, 0.05) is 9.35 Å². The highest BCUT2D eigenvalue weighted by Gasteiger charge is 2.20. The monoisotopic (exact) mass is 400 g/mol. The van der Waals surface area contributed by atoms with Gasteiger partial charge in [-0.15, -0.1) is 22.7 Å². The van der Waals surface area contributed by atoms with E-state index < -0.39 is 6.10 Å². The smallest absolute Gasteiger partial charge is 0.124 e. The lowest BCUT2D eigenvalue weighted by Gasteiger charge is -2.06. The Morgan fingerprint density at radius 2 is 2.12 bits per heavy atom. The zero-order valence-electron chi connectivity index (χ0n) is 8.13. The van der Waals surface area contributed by atoms with E-state index >= 15 is 0 Å². The largest absolute Gasteiger partial charge is 0.382 e. The number of aryl methyl sites for hydroxylation is 1. The molecule has 1 unspecified atom stereocenters. The molecule has 0 bridgehead atoms. The summed E-state index contributed by atoms with van der Waals surface area (Å²) < 4.78 is 1.93. The molecule has 1 atom stereocenters. The fourth-order valence-corrected chi connectivity index (χ4v) is 4.72. The maximum atomic E-state index is 10.2. The third-order valence-corrected chi connectivity index (χ3v) is 7.18. The van der Waals surface area contributed by atoms with Gasteiger partial charge in [0.25, 0.3) is 0 Å². The van der Waals surface area contributed by atoms with Crippen LogP contribution in [0.2, 0.25) is 5.02 Å². The Kier molecular flexibility index (Phi) is 4.14. The summed E-state index contributed by atoms with van der Waals surface area (Å²) in [5, 5.41) is 12.8. The molecular formula is C10H7Br2ClOS2. The molecule has 0 saturated heterocycles. The predicted octanol–water partition coefficient (Wildman–Crippen LogP) is 5.38. The Balaban J connectivity index is 2.38. The van der Waals surface area contributed by atoms with Crippen LogP contribution in [-0.2, 0) is 0 Å².